The van der Waals surface area contributed by atoms with E-state index in [4.69, 9.17) is 0 Å². The van der Waals surface area contributed by atoms with Gasteiger partial charge in [0.1, 0.15) is 11.0 Å². The summed E-state index contributed by atoms with van der Waals surface area (Å²) in [6.07, 6.45) is 2.78. The standard InChI is InChI=1S/C9H10N4O2.ClH/c1-13(2)9(15)5-3-10-7-6(5)11-4-12-8(7)14;/h3-4,10H,1-2H3,(H,11,12,14);1H. The normalized spacial score (nSPS) is 9.88. The van der Waals surface area contributed by atoms with Crippen LogP contribution in [0.3, 0.4) is 0 Å². The Morgan fingerprint density at radius 3 is 2.69 bits per heavy atom. The number of rotatable bonds is 1. The molecule has 0 aromatic carbocycles. The van der Waals surface area contributed by atoms with Crippen LogP contribution < -0.4 is 5.56 Å². The van der Waals surface area contributed by atoms with Crippen molar-refractivity contribution >= 4 is 29.3 Å². The van der Waals surface area contributed by atoms with Crippen LogP contribution in [0.5, 0.6) is 0 Å². The van der Waals surface area contributed by atoms with Crippen LogP contribution in [0.4, 0.5) is 0 Å². The third-order valence-electron chi connectivity index (χ3n) is 2.11. The van der Waals surface area contributed by atoms with Crippen LogP contribution in [0.1, 0.15) is 10.4 Å². The molecule has 86 valence electrons. The van der Waals surface area contributed by atoms with E-state index in [0.29, 0.717) is 16.6 Å². The van der Waals surface area contributed by atoms with E-state index in [1.165, 1.54) is 17.4 Å². The van der Waals surface area contributed by atoms with Gasteiger partial charge in [-0.2, -0.15) is 0 Å². The van der Waals surface area contributed by atoms with Gasteiger partial charge in [-0.05, 0) is 0 Å². The van der Waals surface area contributed by atoms with E-state index in [0.717, 1.165) is 0 Å². The third kappa shape index (κ3) is 1.79. The van der Waals surface area contributed by atoms with E-state index in [1.54, 1.807) is 14.1 Å². The van der Waals surface area contributed by atoms with Crippen molar-refractivity contribution in [1.82, 2.24) is 19.9 Å². The maximum atomic E-state index is 11.7. The number of carbonyl (C=O) groups excluding carboxylic acids is 1. The van der Waals surface area contributed by atoms with Gasteiger partial charge < -0.3 is 14.9 Å². The van der Waals surface area contributed by atoms with Crippen molar-refractivity contribution < 1.29 is 4.79 Å². The average molecular weight is 243 g/mol. The lowest BCUT2D eigenvalue weighted by atomic mass is 10.2. The summed E-state index contributed by atoms with van der Waals surface area (Å²) in [6, 6.07) is 0. The minimum Gasteiger partial charge on any atom is -0.355 e. The second kappa shape index (κ2) is 4.36. The number of hydrogen-bond donors (Lipinski definition) is 2. The number of H-pyrrole nitrogens is 2. The molecule has 0 radical (unpaired) electrons. The lowest BCUT2D eigenvalue weighted by Crippen LogP contribution is -2.21. The van der Waals surface area contributed by atoms with Gasteiger partial charge in [0, 0.05) is 20.3 Å². The Labute approximate surface area is 97.1 Å². The molecule has 0 unspecified atom stereocenters. The molecule has 0 fully saturated rings. The number of aromatic amines is 2. The number of hydrogen-bond acceptors (Lipinski definition) is 3. The fraction of sp³-hybridized carbons (Fsp3) is 0.222. The predicted octanol–water partition coefficient (Wildman–Crippen LogP) is 0.375. The number of aromatic nitrogens is 3. The maximum Gasteiger partial charge on any atom is 0.275 e. The van der Waals surface area contributed by atoms with Crippen LogP contribution in [-0.2, 0) is 0 Å². The first-order valence-electron chi connectivity index (χ1n) is 4.37. The van der Waals surface area contributed by atoms with Crippen LogP contribution in [0.15, 0.2) is 17.3 Å². The van der Waals surface area contributed by atoms with Gasteiger partial charge in [-0.1, -0.05) is 0 Å². The SMILES string of the molecule is CN(C)C(=O)c1c[nH]c2c(=O)[nH]cnc12.Cl. The summed E-state index contributed by atoms with van der Waals surface area (Å²) in [7, 11) is 3.29. The Balaban J connectivity index is 0.00000128. The van der Waals surface area contributed by atoms with Crippen molar-refractivity contribution in [3.05, 3.63) is 28.4 Å². The number of nitrogens with one attached hydrogen (secondary N) is 2. The molecule has 0 aliphatic rings. The van der Waals surface area contributed by atoms with Gasteiger partial charge in [0.15, 0.2) is 0 Å². The monoisotopic (exact) mass is 242 g/mol. The molecule has 0 spiro atoms. The molecule has 6 nitrogen and oxygen atoms in total. The molecule has 2 heterocycles. The second-order valence-electron chi connectivity index (χ2n) is 3.36. The molecule has 2 aromatic rings. The van der Waals surface area contributed by atoms with Crippen LogP contribution in [0, 0.1) is 0 Å². The first-order valence-corrected chi connectivity index (χ1v) is 4.37. The van der Waals surface area contributed by atoms with Gasteiger partial charge in [-0.15, -0.1) is 12.4 Å². The summed E-state index contributed by atoms with van der Waals surface area (Å²) in [5, 5.41) is 0. The molecule has 0 saturated carbocycles. The number of nitrogens with zero attached hydrogens (tertiary/aromatic N) is 2. The average Bonchev–Trinajstić information content (AvgIpc) is 2.61. The molecule has 0 saturated heterocycles. The topological polar surface area (TPSA) is 81.9 Å². The molecular formula is C9H11ClN4O2. The van der Waals surface area contributed by atoms with E-state index in [-0.39, 0.29) is 23.9 Å². The number of amides is 1. The molecular weight excluding hydrogens is 232 g/mol. The molecule has 2 rings (SSSR count). The van der Waals surface area contributed by atoms with Crippen molar-refractivity contribution in [2.45, 2.75) is 0 Å². The van der Waals surface area contributed by atoms with E-state index in [2.05, 4.69) is 15.0 Å². The molecule has 0 aliphatic carbocycles. The predicted molar refractivity (Wildman–Crippen MR) is 62.0 cm³/mol. The fourth-order valence-electron chi connectivity index (χ4n) is 1.35. The number of halogens is 1. The zero-order valence-electron chi connectivity index (χ0n) is 8.77. The summed E-state index contributed by atoms with van der Waals surface area (Å²) in [5.74, 6) is -0.181. The van der Waals surface area contributed by atoms with Gasteiger partial charge in [0.2, 0.25) is 0 Å². The Hall–Kier alpha value is -1.82. The maximum absolute atomic E-state index is 11.7. The van der Waals surface area contributed by atoms with Gasteiger partial charge >= 0.3 is 0 Å². The zero-order valence-corrected chi connectivity index (χ0v) is 9.59. The van der Waals surface area contributed by atoms with E-state index in [9.17, 15) is 9.59 Å². The minimum absolute atomic E-state index is 0. The Morgan fingerprint density at radius 1 is 1.38 bits per heavy atom. The number of fused-ring (bicyclic) bond motifs is 1. The van der Waals surface area contributed by atoms with Crippen LogP contribution in [0.2, 0.25) is 0 Å². The molecule has 16 heavy (non-hydrogen) atoms. The Kier molecular flexibility index (Phi) is 3.34. The minimum atomic E-state index is -0.280. The molecule has 1 amide bonds. The van der Waals surface area contributed by atoms with Crippen LogP contribution in [0.25, 0.3) is 11.0 Å². The molecule has 0 bridgehead atoms. The van der Waals surface area contributed by atoms with Crippen molar-refractivity contribution in [1.29, 1.82) is 0 Å². The summed E-state index contributed by atoms with van der Waals surface area (Å²) in [5.41, 5.74) is 0.846. The van der Waals surface area contributed by atoms with Crippen molar-refractivity contribution in [2.24, 2.45) is 0 Å². The third-order valence-corrected chi connectivity index (χ3v) is 2.11. The Bertz CT molecular complexity index is 572. The van der Waals surface area contributed by atoms with Gasteiger partial charge in [0.25, 0.3) is 11.5 Å². The summed E-state index contributed by atoms with van der Waals surface area (Å²) < 4.78 is 0. The van der Waals surface area contributed by atoms with Gasteiger partial charge in [0.05, 0.1) is 11.9 Å². The molecule has 7 heteroatoms. The quantitative estimate of drug-likeness (QED) is 0.758. The van der Waals surface area contributed by atoms with Gasteiger partial charge in [-0.25, -0.2) is 4.98 Å². The molecule has 2 N–H and O–H groups in total. The fourth-order valence-corrected chi connectivity index (χ4v) is 1.35. The highest BCUT2D eigenvalue weighted by molar-refractivity contribution is 6.04. The smallest absolute Gasteiger partial charge is 0.275 e. The highest BCUT2D eigenvalue weighted by Gasteiger charge is 2.15. The van der Waals surface area contributed by atoms with Crippen molar-refractivity contribution in [2.75, 3.05) is 14.1 Å². The summed E-state index contributed by atoms with van der Waals surface area (Å²) >= 11 is 0. The zero-order chi connectivity index (χ0) is 11.0. The molecule has 0 atom stereocenters. The summed E-state index contributed by atoms with van der Waals surface area (Å²) in [6.45, 7) is 0. The van der Waals surface area contributed by atoms with E-state index in [1.807, 2.05) is 0 Å². The Morgan fingerprint density at radius 2 is 2.06 bits per heavy atom. The van der Waals surface area contributed by atoms with E-state index < -0.39 is 0 Å². The lowest BCUT2D eigenvalue weighted by molar-refractivity contribution is 0.0829. The van der Waals surface area contributed by atoms with Crippen molar-refractivity contribution in [3.8, 4) is 0 Å². The molecule has 0 aliphatic heterocycles. The lowest BCUT2D eigenvalue weighted by Gasteiger charge is -2.07. The number of carbonyl (C=O) groups is 1. The van der Waals surface area contributed by atoms with Crippen molar-refractivity contribution in [3.63, 3.8) is 0 Å². The molecule has 2 aromatic heterocycles. The highest BCUT2D eigenvalue weighted by Crippen LogP contribution is 2.12. The van der Waals surface area contributed by atoms with Gasteiger partial charge in [-0.3, -0.25) is 9.59 Å². The van der Waals surface area contributed by atoms with E-state index >= 15 is 0 Å². The first-order chi connectivity index (χ1) is 7.11. The van der Waals surface area contributed by atoms with Crippen LogP contribution in [-0.4, -0.2) is 39.9 Å². The van der Waals surface area contributed by atoms with Crippen LogP contribution >= 0.6 is 12.4 Å². The summed E-state index contributed by atoms with van der Waals surface area (Å²) in [4.78, 5) is 33.6. The highest BCUT2D eigenvalue weighted by atomic mass is 35.5. The second-order valence-corrected chi connectivity index (χ2v) is 3.36. The largest absolute Gasteiger partial charge is 0.355 e. The first kappa shape index (κ1) is 12.3.